The molecule has 16 atom stereocenters. The standard InChI is InChI=1S/C56H70O9/c1-28-23-37-49(6,45(61)42(28)59)17-21-51(8)36-14-13-31-32(47(36,4)15-19-52(37,51)9)26-40(58)56(63)55(31,12)65-44-30(3)41-33(25-35(44)64-56)48(5)16-20-53(10)38-24-29(2)43(60)46(62)50(38,7)18-22-54(53,11)39(48)27-34(41)57/h13-14,25-29,37-38,45-46,61-63H,15-24H2,1-12H3/t28-,29-,37-,38+,45-,46-,47+,48+,49-,50-,51-,52+,53+,54-,55-,56+/m1/s1. The van der Waals surface area contributed by atoms with Gasteiger partial charge in [-0.3, -0.25) is 19.2 Å². The Morgan fingerprint density at radius 2 is 1.14 bits per heavy atom. The van der Waals surface area contributed by atoms with Crippen LogP contribution in [0, 0.1) is 68.5 Å². The van der Waals surface area contributed by atoms with Crippen LogP contribution in [0.2, 0.25) is 0 Å². The van der Waals surface area contributed by atoms with Crippen LogP contribution in [-0.2, 0) is 19.8 Å². The van der Waals surface area contributed by atoms with Crippen LogP contribution in [0.25, 0.3) is 0 Å². The van der Waals surface area contributed by atoms with E-state index in [0.29, 0.717) is 35.3 Å². The fourth-order valence-electron chi connectivity index (χ4n) is 18.0. The number of aliphatic hydroxyl groups excluding tert-OH is 2. The SMILES string of the molecule is Cc1c2c(cc3c1C(=O)C=C1[C@@]3(C)CC[C@@]3(C)[C@H]4C[C@@H](C)C(=O)[C@@H](O)[C@]4(C)CC[C@]13C)O[C@@]1(O)C(=O)C=C3C(=CC=C4[C@@]3(C)CC[C@@]3(C)[C@@H]5C[C@@H](C)C(=O)[C@@H](O)[C@]5(C)CC[C@]43C)[C@@]1(C)O2. The van der Waals surface area contributed by atoms with Gasteiger partial charge in [-0.2, -0.15) is 0 Å². The lowest BCUT2D eigenvalue weighted by Gasteiger charge is -2.70. The van der Waals surface area contributed by atoms with Gasteiger partial charge in [0.25, 0.3) is 0 Å². The normalized spacial score (nSPS) is 51.4. The number of aliphatic hydroxyl groups is 3. The maximum Gasteiger partial charge on any atom is 0.317 e. The summed E-state index contributed by atoms with van der Waals surface area (Å²) in [5.41, 5.74) is 0.826. The van der Waals surface area contributed by atoms with Crippen molar-refractivity contribution in [2.75, 3.05) is 0 Å². The van der Waals surface area contributed by atoms with Crippen molar-refractivity contribution in [2.24, 2.45) is 61.6 Å². The van der Waals surface area contributed by atoms with Crippen molar-refractivity contribution in [3.8, 4) is 11.5 Å². The smallest absolute Gasteiger partial charge is 0.317 e. The summed E-state index contributed by atoms with van der Waals surface area (Å²) in [6.45, 7) is 25.5. The quantitative estimate of drug-likeness (QED) is 0.232. The Labute approximate surface area is 384 Å². The Morgan fingerprint density at radius 3 is 1.69 bits per heavy atom. The minimum Gasteiger partial charge on any atom is -0.471 e. The molecule has 9 nitrogen and oxygen atoms in total. The Hall–Kier alpha value is -3.66. The third-order valence-corrected chi connectivity index (χ3v) is 22.8. The van der Waals surface area contributed by atoms with Gasteiger partial charge in [0.05, 0.1) is 0 Å². The van der Waals surface area contributed by atoms with E-state index in [1.807, 2.05) is 39.0 Å². The number of carbonyl (C=O) groups excluding carboxylic acids is 4. The highest BCUT2D eigenvalue weighted by atomic mass is 16.7. The first-order chi connectivity index (χ1) is 30.1. The number of benzene rings is 1. The predicted octanol–water partition coefficient (Wildman–Crippen LogP) is 9.36. The topological polar surface area (TPSA) is 147 Å². The fraction of sp³-hybridized carbons (Fsp3) is 0.679. The highest BCUT2D eigenvalue weighted by Gasteiger charge is 2.73. The van der Waals surface area contributed by atoms with Crippen LogP contribution in [0.5, 0.6) is 11.5 Å². The molecule has 1 aliphatic heterocycles. The summed E-state index contributed by atoms with van der Waals surface area (Å²) in [6.07, 6.45) is 13.3. The zero-order chi connectivity index (χ0) is 47.0. The van der Waals surface area contributed by atoms with E-state index < -0.39 is 56.5 Å². The molecular formula is C56H70O9. The van der Waals surface area contributed by atoms with Crippen molar-refractivity contribution in [1.82, 2.24) is 0 Å². The zero-order valence-corrected chi connectivity index (χ0v) is 40.7. The maximum absolute atomic E-state index is 14.8. The second-order valence-electron chi connectivity index (χ2n) is 25.3. The van der Waals surface area contributed by atoms with Crippen molar-refractivity contribution in [3.63, 3.8) is 0 Å². The van der Waals surface area contributed by atoms with Crippen LogP contribution in [0.15, 0.2) is 52.7 Å². The summed E-state index contributed by atoms with van der Waals surface area (Å²) in [7, 11) is 0. The molecule has 1 aromatic rings. The van der Waals surface area contributed by atoms with Crippen molar-refractivity contribution in [3.05, 3.63) is 69.4 Å². The monoisotopic (exact) mass is 887 g/mol. The van der Waals surface area contributed by atoms with E-state index in [-0.39, 0.29) is 63.0 Å². The fourth-order valence-corrected chi connectivity index (χ4v) is 18.0. The molecular weight excluding hydrogens is 817 g/mol. The number of allylic oxidation sites excluding steroid dienone is 5. The number of Topliss-reactive ketones (excluding diaryl/α,β-unsaturated/α-hetero) is 2. The summed E-state index contributed by atoms with van der Waals surface area (Å²) >= 11 is 0. The molecule has 9 aliphatic carbocycles. The molecule has 3 N–H and O–H groups in total. The second kappa shape index (κ2) is 12.5. The van der Waals surface area contributed by atoms with Crippen molar-refractivity contribution in [2.45, 2.75) is 176 Å². The molecule has 0 saturated heterocycles. The average Bonchev–Trinajstić information content (AvgIpc) is 3.25. The van der Waals surface area contributed by atoms with E-state index in [4.69, 9.17) is 9.47 Å². The Kier molecular flexibility index (Phi) is 8.44. The molecule has 10 aliphatic rings. The molecule has 1 heterocycles. The van der Waals surface area contributed by atoms with Gasteiger partial charge in [-0.15, -0.1) is 0 Å². The first kappa shape index (κ1) is 43.9. The number of fused-ring (bicyclic) bond motifs is 17. The second-order valence-corrected chi connectivity index (χ2v) is 25.3. The molecule has 0 unspecified atom stereocenters. The highest BCUT2D eigenvalue weighted by Crippen LogP contribution is 2.77. The van der Waals surface area contributed by atoms with Crippen LogP contribution >= 0.6 is 0 Å². The lowest BCUT2D eigenvalue weighted by Crippen LogP contribution is -2.70. The van der Waals surface area contributed by atoms with E-state index in [1.165, 1.54) is 5.57 Å². The molecule has 1 aromatic carbocycles. The molecule has 11 rings (SSSR count). The lowest BCUT2D eigenvalue weighted by atomic mass is 9.34. The average molecular weight is 887 g/mol. The van der Waals surface area contributed by atoms with E-state index in [0.717, 1.165) is 68.1 Å². The summed E-state index contributed by atoms with van der Waals surface area (Å²) < 4.78 is 13.8. The van der Waals surface area contributed by atoms with E-state index in [9.17, 15) is 34.5 Å². The lowest BCUT2D eigenvalue weighted by molar-refractivity contribution is -0.231. The third kappa shape index (κ3) is 4.64. The number of hydrogen-bond donors (Lipinski definition) is 3. The van der Waals surface area contributed by atoms with Gasteiger partial charge in [-0.05, 0) is 146 Å². The van der Waals surface area contributed by atoms with E-state index >= 15 is 0 Å². The first-order valence-electron chi connectivity index (χ1n) is 24.8. The van der Waals surface area contributed by atoms with E-state index in [2.05, 4.69) is 61.5 Å². The summed E-state index contributed by atoms with van der Waals surface area (Å²) in [5, 5.41) is 35.7. The minimum absolute atomic E-state index is 0.0427. The summed E-state index contributed by atoms with van der Waals surface area (Å²) in [6, 6.07) is 1.86. The Balaban J connectivity index is 0.984. The summed E-state index contributed by atoms with van der Waals surface area (Å²) in [4.78, 5) is 56.0. The van der Waals surface area contributed by atoms with Gasteiger partial charge in [-0.1, -0.05) is 87.0 Å². The molecule has 0 radical (unpaired) electrons. The number of carbonyl (C=O) groups is 4. The zero-order valence-electron chi connectivity index (χ0n) is 40.7. The van der Waals surface area contributed by atoms with Crippen LogP contribution in [0.4, 0.5) is 0 Å². The molecule has 9 heteroatoms. The van der Waals surface area contributed by atoms with Gasteiger partial charge in [0.2, 0.25) is 11.4 Å². The molecule has 0 spiro atoms. The Morgan fingerprint density at radius 1 is 0.615 bits per heavy atom. The Bertz CT molecular complexity index is 2620. The maximum atomic E-state index is 14.8. The number of ether oxygens (including phenoxy) is 2. The van der Waals surface area contributed by atoms with Crippen molar-refractivity contribution >= 4 is 23.1 Å². The number of hydrogen-bond acceptors (Lipinski definition) is 9. The third-order valence-electron chi connectivity index (χ3n) is 22.8. The van der Waals surface area contributed by atoms with Crippen LogP contribution < -0.4 is 9.47 Å². The first-order valence-corrected chi connectivity index (χ1v) is 24.8. The number of ketones is 4. The summed E-state index contributed by atoms with van der Waals surface area (Å²) in [5.74, 6) is -2.81. The van der Waals surface area contributed by atoms with Crippen LogP contribution in [-0.4, -0.2) is 62.0 Å². The molecule has 6 fully saturated rings. The molecule has 348 valence electrons. The molecule has 65 heavy (non-hydrogen) atoms. The predicted molar refractivity (Wildman–Crippen MR) is 245 cm³/mol. The minimum atomic E-state index is -2.39. The van der Waals surface area contributed by atoms with Crippen LogP contribution in [0.3, 0.4) is 0 Å². The molecule has 0 bridgehead atoms. The van der Waals surface area contributed by atoms with Gasteiger partial charge >= 0.3 is 5.79 Å². The van der Waals surface area contributed by atoms with Gasteiger partial charge in [-0.25, -0.2) is 0 Å². The number of rotatable bonds is 0. The van der Waals surface area contributed by atoms with Gasteiger partial charge < -0.3 is 24.8 Å². The van der Waals surface area contributed by atoms with Crippen molar-refractivity contribution < 1.29 is 44.0 Å². The van der Waals surface area contributed by atoms with Gasteiger partial charge in [0.15, 0.2) is 28.8 Å². The van der Waals surface area contributed by atoms with Gasteiger partial charge in [0, 0.05) is 50.2 Å². The largest absolute Gasteiger partial charge is 0.471 e. The highest BCUT2D eigenvalue weighted by molar-refractivity contribution is 6.10. The molecule has 0 amide bonds. The molecule has 6 saturated carbocycles. The molecule has 0 aromatic heterocycles. The van der Waals surface area contributed by atoms with E-state index in [1.54, 1.807) is 13.0 Å². The van der Waals surface area contributed by atoms with Crippen molar-refractivity contribution in [1.29, 1.82) is 0 Å². The van der Waals surface area contributed by atoms with Crippen LogP contribution in [0.1, 0.15) is 162 Å². The van der Waals surface area contributed by atoms with Gasteiger partial charge in [0.1, 0.15) is 12.2 Å².